The van der Waals surface area contributed by atoms with Crippen LogP contribution < -0.4 is 10.6 Å². The molecule has 0 bridgehead atoms. The normalized spacial score (nSPS) is 20.0. The minimum atomic E-state index is -2.92. The van der Waals surface area contributed by atoms with Crippen molar-refractivity contribution in [1.29, 1.82) is 0 Å². The van der Waals surface area contributed by atoms with E-state index in [1.807, 2.05) is 25.1 Å². The van der Waals surface area contributed by atoms with Gasteiger partial charge in [-0.25, -0.2) is 13.4 Å². The van der Waals surface area contributed by atoms with Gasteiger partial charge in [-0.1, -0.05) is 0 Å². The Labute approximate surface area is 129 Å². The highest BCUT2D eigenvalue weighted by Gasteiger charge is 2.28. The average molecular weight is 322 g/mol. The predicted octanol–water partition coefficient (Wildman–Crippen LogP) is 1.59. The second-order valence-electron chi connectivity index (χ2n) is 5.40. The number of aromatic nitrogens is 2. The van der Waals surface area contributed by atoms with Crippen LogP contribution in [-0.2, 0) is 16.4 Å². The zero-order valence-electron chi connectivity index (χ0n) is 12.2. The van der Waals surface area contributed by atoms with Crippen molar-refractivity contribution in [3.05, 3.63) is 35.9 Å². The highest BCUT2D eigenvalue weighted by molar-refractivity contribution is 7.91. The summed E-state index contributed by atoms with van der Waals surface area (Å²) in [6, 6.07) is 5.42. The zero-order chi connectivity index (χ0) is 15.6. The number of anilines is 2. The maximum atomic E-state index is 11.5. The lowest BCUT2D eigenvalue weighted by molar-refractivity contribution is 0.518. The Morgan fingerprint density at radius 2 is 2.27 bits per heavy atom. The Hall–Kier alpha value is -2.09. The highest BCUT2D eigenvalue weighted by atomic mass is 32.2. The zero-order valence-corrected chi connectivity index (χ0v) is 13.1. The molecule has 118 valence electrons. The minimum Gasteiger partial charge on any atom is -0.467 e. The Balaban J connectivity index is 1.67. The summed E-state index contributed by atoms with van der Waals surface area (Å²) < 4.78 is 28.2. The van der Waals surface area contributed by atoms with Crippen LogP contribution in [0.1, 0.15) is 17.9 Å². The van der Waals surface area contributed by atoms with Gasteiger partial charge in [-0.3, -0.25) is 0 Å². The number of hydrogen-bond acceptors (Lipinski definition) is 7. The molecule has 0 aliphatic carbocycles. The first-order valence-corrected chi connectivity index (χ1v) is 8.91. The first kappa shape index (κ1) is 14.8. The number of nitrogens with one attached hydrogen (secondary N) is 2. The summed E-state index contributed by atoms with van der Waals surface area (Å²) in [5, 5.41) is 6.27. The van der Waals surface area contributed by atoms with Gasteiger partial charge in [-0.15, -0.1) is 0 Å². The molecular formula is C14H18N4O3S. The van der Waals surface area contributed by atoms with Gasteiger partial charge in [0.1, 0.15) is 11.6 Å². The van der Waals surface area contributed by atoms with Gasteiger partial charge in [0.05, 0.1) is 24.3 Å². The Morgan fingerprint density at radius 1 is 1.41 bits per heavy atom. The van der Waals surface area contributed by atoms with E-state index in [4.69, 9.17) is 4.42 Å². The molecule has 3 heterocycles. The molecule has 1 unspecified atom stereocenters. The van der Waals surface area contributed by atoms with Gasteiger partial charge in [-0.2, -0.15) is 4.98 Å². The fourth-order valence-electron chi connectivity index (χ4n) is 2.41. The summed E-state index contributed by atoms with van der Waals surface area (Å²) in [5.74, 6) is 2.29. The van der Waals surface area contributed by atoms with Crippen molar-refractivity contribution < 1.29 is 12.8 Å². The minimum absolute atomic E-state index is 0.121. The van der Waals surface area contributed by atoms with E-state index >= 15 is 0 Å². The molecule has 2 N–H and O–H groups in total. The SMILES string of the molecule is Cc1cc(NCc2ccco2)nc(NC2CCS(=O)(=O)C2)n1. The topological polar surface area (TPSA) is 97.1 Å². The predicted molar refractivity (Wildman–Crippen MR) is 83.5 cm³/mol. The standard InChI is InChI=1S/C14H18N4O3S/c1-10-7-13(15-8-12-3-2-5-21-12)18-14(16-10)17-11-4-6-22(19,20)9-11/h2-3,5,7,11H,4,6,8-9H2,1H3,(H2,15,16,17,18). The molecule has 2 aromatic rings. The fraction of sp³-hybridized carbons (Fsp3) is 0.429. The van der Waals surface area contributed by atoms with E-state index in [9.17, 15) is 8.42 Å². The van der Waals surface area contributed by atoms with Crippen molar-refractivity contribution >= 4 is 21.6 Å². The lowest BCUT2D eigenvalue weighted by Crippen LogP contribution is -2.22. The number of furan rings is 1. The number of hydrogen-bond donors (Lipinski definition) is 2. The Kier molecular flexibility index (Phi) is 4.02. The van der Waals surface area contributed by atoms with Crippen molar-refractivity contribution in [2.45, 2.75) is 25.9 Å². The molecule has 7 nitrogen and oxygen atoms in total. The van der Waals surface area contributed by atoms with E-state index in [2.05, 4.69) is 20.6 Å². The molecule has 0 radical (unpaired) electrons. The van der Waals surface area contributed by atoms with E-state index in [1.54, 1.807) is 6.26 Å². The van der Waals surface area contributed by atoms with E-state index in [1.165, 1.54) is 0 Å². The van der Waals surface area contributed by atoms with Crippen molar-refractivity contribution in [3.63, 3.8) is 0 Å². The van der Waals surface area contributed by atoms with Crippen molar-refractivity contribution in [3.8, 4) is 0 Å². The molecule has 3 rings (SSSR count). The van der Waals surface area contributed by atoms with E-state index in [0.717, 1.165) is 11.5 Å². The van der Waals surface area contributed by atoms with Crippen LogP contribution in [0.2, 0.25) is 0 Å². The molecule has 0 aromatic carbocycles. The maximum absolute atomic E-state index is 11.5. The van der Waals surface area contributed by atoms with Crippen LogP contribution >= 0.6 is 0 Å². The van der Waals surface area contributed by atoms with E-state index in [0.29, 0.717) is 24.7 Å². The molecule has 0 amide bonds. The summed E-state index contributed by atoms with van der Waals surface area (Å²) >= 11 is 0. The number of nitrogens with zero attached hydrogens (tertiary/aromatic N) is 2. The van der Waals surface area contributed by atoms with Crippen LogP contribution in [0.3, 0.4) is 0 Å². The fourth-order valence-corrected chi connectivity index (χ4v) is 4.08. The second-order valence-corrected chi connectivity index (χ2v) is 7.62. The Morgan fingerprint density at radius 3 is 2.95 bits per heavy atom. The van der Waals surface area contributed by atoms with Gasteiger partial charge in [0.15, 0.2) is 9.84 Å². The molecule has 2 aromatic heterocycles. The summed E-state index contributed by atoms with van der Waals surface area (Å²) in [4.78, 5) is 8.68. The maximum Gasteiger partial charge on any atom is 0.225 e. The molecule has 1 atom stereocenters. The highest BCUT2D eigenvalue weighted by Crippen LogP contribution is 2.17. The van der Waals surface area contributed by atoms with Crippen LogP contribution in [0, 0.1) is 6.92 Å². The quantitative estimate of drug-likeness (QED) is 0.862. The molecule has 22 heavy (non-hydrogen) atoms. The van der Waals surface area contributed by atoms with Crippen molar-refractivity contribution in [2.75, 3.05) is 22.1 Å². The van der Waals surface area contributed by atoms with Crippen LogP contribution in [0.25, 0.3) is 0 Å². The van der Waals surface area contributed by atoms with E-state index < -0.39 is 9.84 Å². The van der Waals surface area contributed by atoms with Gasteiger partial charge < -0.3 is 15.1 Å². The van der Waals surface area contributed by atoms with Gasteiger partial charge in [0.25, 0.3) is 0 Å². The molecule has 1 saturated heterocycles. The Bertz CT molecular complexity index is 743. The van der Waals surface area contributed by atoms with Crippen LogP contribution in [-0.4, -0.2) is 35.9 Å². The van der Waals surface area contributed by atoms with Gasteiger partial charge >= 0.3 is 0 Å². The largest absolute Gasteiger partial charge is 0.467 e. The van der Waals surface area contributed by atoms with Gasteiger partial charge in [0, 0.05) is 17.8 Å². The first-order valence-electron chi connectivity index (χ1n) is 7.09. The molecule has 1 aliphatic heterocycles. The van der Waals surface area contributed by atoms with Crippen LogP contribution in [0.5, 0.6) is 0 Å². The van der Waals surface area contributed by atoms with E-state index in [-0.39, 0.29) is 17.5 Å². The van der Waals surface area contributed by atoms with Crippen LogP contribution in [0.15, 0.2) is 28.9 Å². The monoisotopic (exact) mass is 322 g/mol. The third-order valence-electron chi connectivity index (χ3n) is 3.44. The van der Waals surface area contributed by atoms with Crippen molar-refractivity contribution in [1.82, 2.24) is 9.97 Å². The molecule has 0 spiro atoms. The molecular weight excluding hydrogens is 304 g/mol. The molecule has 0 saturated carbocycles. The number of rotatable bonds is 5. The molecule has 1 fully saturated rings. The summed E-state index contributed by atoms with van der Waals surface area (Å²) in [5.41, 5.74) is 0.806. The van der Waals surface area contributed by atoms with Crippen LogP contribution in [0.4, 0.5) is 11.8 Å². The van der Waals surface area contributed by atoms with Gasteiger partial charge in [0.2, 0.25) is 5.95 Å². The van der Waals surface area contributed by atoms with Crippen molar-refractivity contribution in [2.24, 2.45) is 0 Å². The third kappa shape index (κ3) is 3.76. The number of sulfone groups is 1. The third-order valence-corrected chi connectivity index (χ3v) is 5.21. The lowest BCUT2D eigenvalue weighted by Gasteiger charge is -2.12. The summed E-state index contributed by atoms with van der Waals surface area (Å²) in [6.45, 7) is 2.40. The lowest BCUT2D eigenvalue weighted by atomic mass is 10.3. The number of aryl methyl sites for hydroxylation is 1. The molecule has 1 aliphatic rings. The first-order chi connectivity index (χ1) is 10.5. The molecule has 8 heteroatoms. The van der Waals surface area contributed by atoms with Gasteiger partial charge in [-0.05, 0) is 25.5 Å². The summed E-state index contributed by atoms with van der Waals surface area (Å²) in [6.07, 6.45) is 2.21. The second kappa shape index (κ2) is 5.96. The average Bonchev–Trinajstić information content (AvgIpc) is 3.05. The summed E-state index contributed by atoms with van der Waals surface area (Å²) in [7, 11) is -2.92. The smallest absolute Gasteiger partial charge is 0.225 e.